The number of nitrogens with zero attached hydrogens (tertiary/aromatic N) is 3. The van der Waals surface area contributed by atoms with Crippen LogP contribution in [0.5, 0.6) is 0 Å². The first-order chi connectivity index (χ1) is 9.71. The van der Waals surface area contributed by atoms with Gasteiger partial charge in [0.25, 0.3) is 0 Å². The summed E-state index contributed by atoms with van der Waals surface area (Å²) in [5.41, 5.74) is 4.59. The highest BCUT2D eigenvalue weighted by Crippen LogP contribution is 2.29. The third kappa shape index (κ3) is 2.62. The smallest absolute Gasteiger partial charge is 0.249 e. The van der Waals surface area contributed by atoms with E-state index in [0.29, 0.717) is 6.54 Å². The lowest BCUT2D eigenvalue weighted by atomic mass is 10.0. The van der Waals surface area contributed by atoms with Gasteiger partial charge in [-0.25, -0.2) is 8.42 Å². The van der Waals surface area contributed by atoms with Crippen molar-refractivity contribution in [2.75, 3.05) is 18.8 Å². The Morgan fingerprint density at radius 1 is 1.48 bits per heavy atom. The molecular formula is C12H21N5O3S. The number of sulfonamides is 1. The number of amides is 1. The number of carbonyl (C=O) groups excluding carboxylic acids is 1. The number of nitrogen functional groups attached to an aromatic ring is 1. The lowest BCUT2D eigenvalue weighted by Crippen LogP contribution is -2.63. The van der Waals surface area contributed by atoms with Crippen LogP contribution in [0.25, 0.3) is 0 Å². The van der Waals surface area contributed by atoms with E-state index in [0.717, 1.165) is 6.42 Å². The zero-order chi connectivity index (χ0) is 15.8. The minimum absolute atomic E-state index is 0.0368. The van der Waals surface area contributed by atoms with E-state index in [-0.39, 0.29) is 29.7 Å². The Morgan fingerprint density at radius 2 is 2.14 bits per heavy atom. The lowest BCUT2D eigenvalue weighted by molar-refractivity contribution is -0.131. The van der Waals surface area contributed by atoms with Gasteiger partial charge in [-0.15, -0.1) is 0 Å². The maximum Gasteiger partial charge on any atom is 0.249 e. The summed E-state index contributed by atoms with van der Waals surface area (Å²) < 4.78 is 28.3. The van der Waals surface area contributed by atoms with E-state index in [4.69, 9.17) is 5.73 Å². The molecule has 1 aromatic rings. The second-order valence-electron chi connectivity index (χ2n) is 5.53. The van der Waals surface area contributed by atoms with E-state index in [1.165, 1.54) is 15.2 Å². The van der Waals surface area contributed by atoms with Crippen LogP contribution >= 0.6 is 0 Å². The summed E-state index contributed by atoms with van der Waals surface area (Å²) in [4.78, 5) is 11.9. The fourth-order valence-corrected chi connectivity index (χ4v) is 4.19. The van der Waals surface area contributed by atoms with Crippen LogP contribution in [0.3, 0.4) is 0 Å². The van der Waals surface area contributed by atoms with Gasteiger partial charge in [0, 0.05) is 25.8 Å². The predicted molar refractivity (Wildman–Crippen MR) is 77.9 cm³/mol. The van der Waals surface area contributed by atoms with Crippen molar-refractivity contribution in [3.05, 3.63) is 6.20 Å². The monoisotopic (exact) mass is 315 g/mol. The van der Waals surface area contributed by atoms with Gasteiger partial charge >= 0.3 is 0 Å². The molecule has 1 fully saturated rings. The van der Waals surface area contributed by atoms with Gasteiger partial charge in [0.15, 0.2) is 5.82 Å². The molecule has 118 valence electrons. The highest BCUT2D eigenvalue weighted by Gasteiger charge is 2.45. The van der Waals surface area contributed by atoms with Crippen molar-refractivity contribution in [1.29, 1.82) is 0 Å². The molecule has 0 atom stereocenters. The zero-order valence-corrected chi connectivity index (χ0v) is 13.3. The second kappa shape index (κ2) is 5.30. The molecule has 21 heavy (non-hydrogen) atoms. The van der Waals surface area contributed by atoms with E-state index < -0.39 is 15.6 Å². The molecule has 2 heterocycles. The first-order valence-electron chi connectivity index (χ1n) is 6.85. The number of aryl methyl sites for hydroxylation is 1. The Balaban J connectivity index is 2.44. The molecule has 1 amide bonds. The van der Waals surface area contributed by atoms with Gasteiger partial charge < -0.3 is 11.1 Å². The molecule has 0 bridgehead atoms. The fraction of sp³-hybridized carbons (Fsp3) is 0.667. The third-order valence-corrected chi connectivity index (χ3v) is 5.64. The van der Waals surface area contributed by atoms with Gasteiger partial charge in [0.05, 0.1) is 0 Å². The molecule has 1 aliphatic rings. The van der Waals surface area contributed by atoms with Gasteiger partial charge in [-0.3, -0.25) is 9.48 Å². The summed E-state index contributed by atoms with van der Waals surface area (Å²) >= 11 is 0. The topological polar surface area (TPSA) is 110 Å². The highest BCUT2D eigenvalue weighted by molar-refractivity contribution is 7.89. The van der Waals surface area contributed by atoms with Gasteiger partial charge in [-0.05, 0) is 20.3 Å². The normalized spacial score (nSPS) is 19.5. The van der Waals surface area contributed by atoms with Crippen LogP contribution in [0.1, 0.15) is 27.2 Å². The SMILES string of the molecule is CCCn1cc(S(=O)(=O)N2CCNC(=O)C2(C)C)c(N)n1. The van der Waals surface area contributed by atoms with Gasteiger partial charge in [0.2, 0.25) is 15.9 Å². The molecule has 0 spiro atoms. The molecule has 0 unspecified atom stereocenters. The average Bonchev–Trinajstić information content (AvgIpc) is 2.74. The Hall–Kier alpha value is -1.61. The largest absolute Gasteiger partial charge is 0.381 e. The summed E-state index contributed by atoms with van der Waals surface area (Å²) in [5.74, 6) is -0.359. The lowest BCUT2D eigenvalue weighted by Gasteiger charge is -2.39. The van der Waals surface area contributed by atoms with Crippen LogP contribution in [-0.4, -0.2) is 47.0 Å². The van der Waals surface area contributed by atoms with Crippen LogP contribution in [0.15, 0.2) is 11.1 Å². The van der Waals surface area contributed by atoms with Gasteiger partial charge in [0.1, 0.15) is 10.4 Å². The van der Waals surface area contributed by atoms with Crippen molar-refractivity contribution >= 4 is 21.7 Å². The van der Waals surface area contributed by atoms with E-state index in [9.17, 15) is 13.2 Å². The standard InChI is InChI=1S/C12H21N5O3S/c1-4-6-16-8-9(10(13)15-16)21(19,20)17-7-5-14-11(18)12(17,2)3/h8H,4-7H2,1-3H3,(H2,13,15)(H,14,18). The predicted octanol–water partition coefficient (Wildman–Crippen LogP) is -0.226. The minimum Gasteiger partial charge on any atom is -0.381 e. The maximum atomic E-state index is 12.8. The summed E-state index contributed by atoms with van der Waals surface area (Å²) in [6.07, 6.45) is 2.25. The molecule has 9 heteroatoms. The Labute approximate surface area is 124 Å². The van der Waals surface area contributed by atoms with Crippen LogP contribution in [0, 0.1) is 0 Å². The van der Waals surface area contributed by atoms with Crippen molar-refractivity contribution in [3.63, 3.8) is 0 Å². The van der Waals surface area contributed by atoms with Crippen LogP contribution < -0.4 is 11.1 Å². The van der Waals surface area contributed by atoms with Crippen molar-refractivity contribution in [2.24, 2.45) is 0 Å². The van der Waals surface area contributed by atoms with Gasteiger partial charge in [-0.2, -0.15) is 9.40 Å². The molecule has 0 aromatic carbocycles. The van der Waals surface area contributed by atoms with Crippen LogP contribution in [-0.2, 0) is 21.4 Å². The molecule has 0 radical (unpaired) electrons. The van der Waals surface area contributed by atoms with E-state index in [1.54, 1.807) is 13.8 Å². The molecule has 8 nitrogen and oxygen atoms in total. The molecule has 0 aliphatic carbocycles. The van der Waals surface area contributed by atoms with Crippen LogP contribution in [0.4, 0.5) is 5.82 Å². The summed E-state index contributed by atoms with van der Waals surface area (Å²) in [5, 5.41) is 6.69. The third-order valence-electron chi connectivity index (χ3n) is 3.56. The quantitative estimate of drug-likeness (QED) is 0.798. The molecule has 3 N–H and O–H groups in total. The first-order valence-corrected chi connectivity index (χ1v) is 8.29. The number of nitrogens with one attached hydrogen (secondary N) is 1. The van der Waals surface area contributed by atoms with Crippen LogP contribution in [0.2, 0.25) is 0 Å². The number of aromatic nitrogens is 2. The number of hydrogen-bond donors (Lipinski definition) is 2. The Morgan fingerprint density at radius 3 is 2.76 bits per heavy atom. The number of nitrogens with two attached hydrogens (primary N) is 1. The van der Waals surface area contributed by atoms with Crippen molar-refractivity contribution < 1.29 is 13.2 Å². The highest BCUT2D eigenvalue weighted by atomic mass is 32.2. The minimum atomic E-state index is -3.87. The molecular weight excluding hydrogens is 294 g/mol. The Bertz CT molecular complexity index is 650. The summed E-state index contributed by atoms with van der Waals surface area (Å²) in [7, 11) is -3.87. The maximum absolute atomic E-state index is 12.8. The average molecular weight is 315 g/mol. The van der Waals surface area contributed by atoms with Crippen molar-refractivity contribution in [2.45, 2.75) is 44.2 Å². The Kier molecular flexibility index (Phi) is 3.98. The number of anilines is 1. The summed E-state index contributed by atoms with van der Waals surface area (Å²) in [6, 6.07) is 0. The molecule has 0 saturated carbocycles. The van der Waals surface area contributed by atoms with E-state index in [2.05, 4.69) is 10.4 Å². The molecule has 1 saturated heterocycles. The van der Waals surface area contributed by atoms with Crippen molar-refractivity contribution in [1.82, 2.24) is 19.4 Å². The molecule has 2 rings (SSSR count). The molecule has 1 aromatic heterocycles. The zero-order valence-electron chi connectivity index (χ0n) is 12.5. The number of carbonyl (C=O) groups is 1. The number of rotatable bonds is 4. The van der Waals surface area contributed by atoms with Crippen molar-refractivity contribution in [3.8, 4) is 0 Å². The number of hydrogen-bond acceptors (Lipinski definition) is 5. The molecule has 1 aliphatic heterocycles. The summed E-state index contributed by atoms with van der Waals surface area (Å²) in [6.45, 7) is 6.19. The second-order valence-corrected chi connectivity index (χ2v) is 7.36. The number of piperazine rings is 1. The fourth-order valence-electron chi connectivity index (χ4n) is 2.38. The van der Waals surface area contributed by atoms with E-state index >= 15 is 0 Å². The first kappa shape index (κ1) is 15.8. The van der Waals surface area contributed by atoms with Gasteiger partial charge in [-0.1, -0.05) is 6.92 Å². The van der Waals surface area contributed by atoms with E-state index in [1.807, 2.05) is 6.92 Å².